The lowest BCUT2D eigenvalue weighted by Gasteiger charge is -2.17. The Labute approximate surface area is 70.9 Å². The molecular formula is C8H18NOP. The lowest BCUT2D eigenvalue weighted by Crippen LogP contribution is -2.35. The molecule has 0 rings (SSSR count). The topological polar surface area (TPSA) is 29.1 Å². The minimum Gasteiger partial charge on any atom is -0.355 e. The molecule has 0 aliphatic rings. The minimum atomic E-state index is -0.239. The molecule has 3 heteroatoms. The molecule has 1 N–H and O–H groups in total. The molecule has 11 heavy (non-hydrogen) atoms. The number of nitrogens with one attached hydrogen (secondary N) is 1. The van der Waals surface area contributed by atoms with Crippen LogP contribution < -0.4 is 5.32 Å². The molecule has 0 heterocycles. The smallest absolute Gasteiger partial charge is 0.225 e. The summed E-state index contributed by atoms with van der Waals surface area (Å²) in [4.78, 5) is 11.2. The monoisotopic (exact) mass is 175 g/mol. The van der Waals surface area contributed by atoms with Gasteiger partial charge in [-0.2, -0.15) is 0 Å². The Hall–Kier alpha value is -0.100. The predicted molar refractivity (Wildman–Crippen MR) is 51.6 cm³/mol. The van der Waals surface area contributed by atoms with Crippen molar-refractivity contribution < 1.29 is 4.79 Å². The first kappa shape index (κ1) is 10.9. The van der Waals surface area contributed by atoms with Crippen LogP contribution in [0.2, 0.25) is 0 Å². The molecule has 0 fully saturated rings. The minimum absolute atomic E-state index is 0.149. The Morgan fingerprint density at radius 2 is 2.00 bits per heavy atom. The van der Waals surface area contributed by atoms with Crippen LogP contribution in [0.5, 0.6) is 0 Å². The van der Waals surface area contributed by atoms with E-state index in [2.05, 4.69) is 12.0 Å². The van der Waals surface area contributed by atoms with Crippen molar-refractivity contribution in [3.05, 3.63) is 0 Å². The average molecular weight is 175 g/mol. The summed E-state index contributed by atoms with van der Waals surface area (Å²) in [7, 11) is 0.926. The number of hydrogen-bond acceptors (Lipinski definition) is 1. The third kappa shape index (κ3) is 5.20. The van der Waals surface area contributed by atoms with Crippen molar-refractivity contribution in [1.29, 1.82) is 0 Å². The Morgan fingerprint density at radius 1 is 1.45 bits per heavy atom. The summed E-state index contributed by atoms with van der Waals surface area (Å²) in [5.74, 6) is 0.149. The van der Waals surface area contributed by atoms with Crippen molar-refractivity contribution in [2.45, 2.75) is 20.8 Å². The molecule has 66 valence electrons. The molecule has 1 atom stereocenters. The van der Waals surface area contributed by atoms with Crippen molar-refractivity contribution in [3.63, 3.8) is 0 Å². The van der Waals surface area contributed by atoms with Gasteiger partial charge in [0.1, 0.15) is 0 Å². The molecule has 0 spiro atoms. The van der Waals surface area contributed by atoms with Gasteiger partial charge in [-0.25, -0.2) is 0 Å². The first-order valence-corrected chi connectivity index (χ1v) is 5.62. The van der Waals surface area contributed by atoms with Crippen LogP contribution in [0.4, 0.5) is 0 Å². The normalized spacial score (nSPS) is 12.4. The van der Waals surface area contributed by atoms with Gasteiger partial charge in [0.15, 0.2) is 0 Å². The van der Waals surface area contributed by atoms with Crippen molar-refractivity contribution in [2.75, 3.05) is 19.4 Å². The summed E-state index contributed by atoms with van der Waals surface area (Å²) in [6.07, 6.45) is 1.10. The second kappa shape index (κ2) is 4.71. The van der Waals surface area contributed by atoms with Gasteiger partial charge in [0.25, 0.3) is 0 Å². The van der Waals surface area contributed by atoms with Gasteiger partial charge in [-0.3, -0.25) is 4.79 Å². The Balaban J connectivity index is 3.54. The zero-order valence-corrected chi connectivity index (χ0v) is 8.82. The second-order valence-corrected chi connectivity index (χ2v) is 4.82. The highest BCUT2D eigenvalue weighted by Gasteiger charge is 2.19. The fourth-order valence-corrected chi connectivity index (χ4v) is 0.941. The maximum absolute atomic E-state index is 11.2. The van der Waals surface area contributed by atoms with Gasteiger partial charge in [0, 0.05) is 12.0 Å². The fraction of sp³-hybridized carbons (Fsp3) is 0.875. The summed E-state index contributed by atoms with van der Waals surface area (Å²) in [5.41, 5.74) is -0.239. The molecule has 0 aliphatic heterocycles. The van der Waals surface area contributed by atoms with Gasteiger partial charge in [0.2, 0.25) is 5.91 Å². The summed E-state index contributed by atoms with van der Waals surface area (Å²) in [5, 5.41) is 2.89. The van der Waals surface area contributed by atoms with E-state index in [1.54, 1.807) is 0 Å². The van der Waals surface area contributed by atoms with Crippen molar-refractivity contribution in [3.8, 4) is 0 Å². The lowest BCUT2D eigenvalue weighted by atomic mass is 9.96. The molecule has 0 radical (unpaired) electrons. The van der Waals surface area contributed by atoms with Crippen LogP contribution in [0.15, 0.2) is 0 Å². The molecule has 0 saturated heterocycles. The van der Waals surface area contributed by atoms with Crippen LogP contribution in [0.25, 0.3) is 0 Å². The van der Waals surface area contributed by atoms with Crippen molar-refractivity contribution in [2.24, 2.45) is 5.41 Å². The molecule has 1 unspecified atom stereocenters. The van der Waals surface area contributed by atoms with Gasteiger partial charge >= 0.3 is 0 Å². The van der Waals surface area contributed by atoms with Crippen LogP contribution in [0.3, 0.4) is 0 Å². The van der Waals surface area contributed by atoms with Crippen molar-refractivity contribution in [1.82, 2.24) is 5.32 Å². The number of rotatable bonds is 3. The summed E-state index contributed by atoms with van der Waals surface area (Å²) in [6, 6.07) is 0. The van der Waals surface area contributed by atoms with Gasteiger partial charge in [-0.15, -0.1) is 8.58 Å². The average Bonchev–Trinajstić information content (AvgIpc) is 1.86. The molecule has 0 aliphatic carbocycles. The SMILES string of the molecule is CPCCNC(=O)C(C)(C)C. The van der Waals surface area contributed by atoms with Gasteiger partial charge in [-0.1, -0.05) is 20.8 Å². The number of carbonyl (C=O) groups excluding carboxylic acids is 1. The van der Waals surface area contributed by atoms with E-state index in [0.29, 0.717) is 0 Å². The van der Waals surface area contributed by atoms with E-state index >= 15 is 0 Å². The first-order valence-electron chi connectivity index (χ1n) is 3.91. The number of hydrogen-bond donors (Lipinski definition) is 1. The molecule has 0 saturated carbocycles. The van der Waals surface area contributed by atoms with E-state index in [1.165, 1.54) is 0 Å². The van der Waals surface area contributed by atoms with E-state index in [-0.39, 0.29) is 11.3 Å². The highest BCUT2D eigenvalue weighted by molar-refractivity contribution is 7.37. The van der Waals surface area contributed by atoms with Gasteiger partial charge < -0.3 is 5.32 Å². The molecule has 0 aromatic rings. The summed E-state index contributed by atoms with van der Waals surface area (Å²) >= 11 is 0. The molecule has 2 nitrogen and oxygen atoms in total. The van der Waals surface area contributed by atoms with E-state index in [9.17, 15) is 4.79 Å². The quantitative estimate of drug-likeness (QED) is 0.510. The Bertz CT molecular complexity index is 129. The maximum Gasteiger partial charge on any atom is 0.225 e. The molecule has 0 bridgehead atoms. The van der Waals surface area contributed by atoms with E-state index in [1.807, 2.05) is 20.8 Å². The van der Waals surface area contributed by atoms with Gasteiger partial charge in [-0.05, 0) is 12.8 Å². The Morgan fingerprint density at radius 3 is 2.36 bits per heavy atom. The van der Waals surface area contributed by atoms with E-state index in [0.717, 1.165) is 21.3 Å². The fourth-order valence-electron chi connectivity index (χ4n) is 0.566. The zero-order valence-electron chi connectivity index (χ0n) is 7.82. The van der Waals surface area contributed by atoms with Crippen LogP contribution in [-0.4, -0.2) is 25.3 Å². The van der Waals surface area contributed by atoms with Gasteiger partial charge in [0.05, 0.1) is 0 Å². The molecule has 1 amide bonds. The summed E-state index contributed by atoms with van der Waals surface area (Å²) in [6.45, 7) is 8.75. The lowest BCUT2D eigenvalue weighted by molar-refractivity contribution is -0.128. The highest BCUT2D eigenvalue weighted by Crippen LogP contribution is 2.12. The molecule has 0 aromatic carbocycles. The largest absolute Gasteiger partial charge is 0.355 e. The van der Waals surface area contributed by atoms with Crippen LogP contribution in [0, 0.1) is 5.41 Å². The zero-order chi connectivity index (χ0) is 8.91. The van der Waals surface area contributed by atoms with E-state index in [4.69, 9.17) is 0 Å². The number of amides is 1. The van der Waals surface area contributed by atoms with Crippen LogP contribution in [0.1, 0.15) is 20.8 Å². The molecule has 0 aromatic heterocycles. The van der Waals surface area contributed by atoms with Crippen LogP contribution >= 0.6 is 8.58 Å². The number of carbonyl (C=O) groups is 1. The highest BCUT2D eigenvalue weighted by atomic mass is 31.1. The maximum atomic E-state index is 11.2. The van der Waals surface area contributed by atoms with E-state index < -0.39 is 0 Å². The predicted octanol–water partition coefficient (Wildman–Crippen LogP) is 1.46. The molecular weight excluding hydrogens is 157 g/mol. The second-order valence-electron chi connectivity index (χ2n) is 3.61. The Kier molecular flexibility index (Phi) is 4.67. The third-order valence-electron chi connectivity index (χ3n) is 1.34. The van der Waals surface area contributed by atoms with Crippen molar-refractivity contribution >= 4 is 14.5 Å². The first-order chi connectivity index (χ1) is 4.98. The third-order valence-corrected chi connectivity index (χ3v) is 2.09. The summed E-state index contributed by atoms with van der Waals surface area (Å²) < 4.78 is 0. The van der Waals surface area contributed by atoms with Crippen LogP contribution in [-0.2, 0) is 4.79 Å². The standard InChI is InChI=1S/C8H18NOP/c1-8(2,3)7(10)9-5-6-11-4/h11H,5-6H2,1-4H3,(H,9,10).